The molecule has 0 spiro atoms. The van der Waals surface area contributed by atoms with Gasteiger partial charge in [0.05, 0.1) is 31.9 Å². The largest absolute Gasteiger partial charge is 0.493 e. The predicted octanol–water partition coefficient (Wildman–Crippen LogP) is 4.09. The van der Waals surface area contributed by atoms with Gasteiger partial charge in [0.2, 0.25) is 0 Å². The molecule has 3 rings (SSSR count). The monoisotopic (exact) mass is 405 g/mol. The Kier molecular flexibility index (Phi) is 6.21. The number of nitrogens with zero attached hydrogens (tertiary/aromatic N) is 1. The fraction of sp³-hybridized carbons (Fsp3) is 0.400. The van der Waals surface area contributed by atoms with E-state index in [0.29, 0.717) is 0 Å². The SMILES string of the molecule is COc1cc(CCc2ccc(N3CCOCC3)cc2)cc(Br)c1OC. The normalized spacial score (nSPS) is 14.4. The van der Waals surface area contributed by atoms with Crippen LogP contribution in [0.2, 0.25) is 0 Å². The second-order valence-corrected chi connectivity index (χ2v) is 6.93. The van der Waals surface area contributed by atoms with Crippen molar-refractivity contribution in [1.29, 1.82) is 0 Å². The highest BCUT2D eigenvalue weighted by Gasteiger charge is 2.12. The lowest BCUT2D eigenvalue weighted by atomic mass is 10.0. The van der Waals surface area contributed by atoms with Gasteiger partial charge in [0.15, 0.2) is 11.5 Å². The molecule has 0 unspecified atom stereocenters. The van der Waals surface area contributed by atoms with Crippen molar-refractivity contribution in [3.8, 4) is 11.5 Å². The minimum atomic E-state index is 0.737. The first-order valence-corrected chi connectivity index (χ1v) is 9.32. The zero-order valence-corrected chi connectivity index (χ0v) is 16.3. The third kappa shape index (κ3) is 4.47. The van der Waals surface area contributed by atoms with Crippen LogP contribution in [0, 0.1) is 0 Å². The van der Waals surface area contributed by atoms with Gasteiger partial charge in [0.1, 0.15) is 0 Å². The number of anilines is 1. The number of aryl methyl sites for hydroxylation is 2. The third-order valence-corrected chi connectivity index (χ3v) is 5.10. The molecule has 0 N–H and O–H groups in total. The fourth-order valence-corrected chi connectivity index (χ4v) is 3.75. The molecule has 2 aromatic carbocycles. The summed E-state index contributed by atoms with van der Waals surface area (Å²) < 4.78 is 17.1. The molecule has 0 saturated carbocycles. The maximum Gasteiger partial charge on any atom is 0.174 e. The van der Waals surface area contributed by atoms with E-state index in [1.54, 1.807) is 14.2 Å². The van der Waals surface area contributed by atoms with Crippen LogP contribution in [0.3, 0.4) is 0 Å². The predicted molar refractivity (Wildman–Crippen MR) is 104 cm³/mol. The highest BCUT2D eigenvalue weighted by Crippen LogP contribution is 2.36. The molecule has 25 heavy (non-hydrogen) atoms. The van der Waals surface area contributed by atoms with Crippen LogP contribution in [0.4, 0.5) is 5.69 Å². The van der Waals surface area contributed by atoms with Crippen LogP contribution in [-0.4, -0.2) is 40.5 Å². The first-order chi connectivity index (χ1) is 12.2. The first kappa shape index (κ1) is 18.1. The topological polar surface area (TPSA) is 30.9 Å². The lowest BCUT2D eigenvalue weighted by molar-refractivity contribution is 0.122. The van der Waals surface area contributed by atoms with E-state index in [2.05, 4.69) is 51.2 Å². The first-order valence-electron chi connectivity index (χ1n) is 8.53. The number of rotatable bonds is 6. The zero-order valence-electron chi connectivity index (χ0n) is 14.8. The molecule has 0 aromatic heterocycles. The van der Waals surface area contributed by atoms with Crippen LogP contribution in [0.15, 0.2) is 40.9 Å². The van der Waals surface area contributed by atoms with Crippen molar-refractivity contribution < 1.29 is 14.2 Å². The maximum atomic E-state index is 5.42. The van der Waals surface area contributed by atoms with E-state index in [0.717, 1.165) is 55.1 Å². The molecule has 1 fully saturated rings. The molecular weight excluding hydrogens is 382 g/mol. The molecule has 1 saturated heterocycles. The molecule has 0 amide bonds. The van der Waals surface area contributed by atoms with Crippen molar-refractivity contribution in [3.05, 3.63) is 52.0 Å². The second kappa shape index (κ2) is 8.59. The van der Waals surface area contributed by atoms with E-state index in [-0.39, 0.29) is 0 Å². The lowest BCUT2D eigenvalue weighted by Crippen LogP contribution is -2.36. The molecular formula is C20H24BrNO3. The Morgan fingerprint density at radius 1 is 0.960 bits per heavy atom. The number of morpholine rings is 1. The number of benzene rings is 2. The molecule has 0 aliphatic carbocycles. The summed E-state index contributed by atoms with van der Waals surface area (Å²) in [5, 5.41) is 0. The minimum absolute atomic E-state index is 0.737. The summed E-state index contributed by atoms with van der Waals surface area (Å²) in [5.41, 5.74) is 3.84. The van der Waals surface area contributed by atoms with E-state index < -0.39 is 0 Å². The quantitative estimate of drug-likeness (QED) is 0.723. The molecule has 5 heteroatoms. The second-order valence-electron chi connectivity index (χ2n) is 6.08. The van der Waals surface area contributed by atoms with Crippen LogP contribution in [0.5, 0.6) is 11.5 Å². The van der Waals surface area contributed by atoms with Crippen molar-refractivity contribution in [2.75, 3.05) is 45.4 Å². The molecule has 0 bridgehead atoms. The Hall–Kier alpha value is -1.72. The summed E-state index contributed by atoms with van der Waals surface area (Å²) in [5.74, 6) is 1.50. The van der Waals surface area contributed by atoms with Gasteiger partial charge in [-0.1, -0.05) is 12.1 Å². The van der Waals surface area contributed by atoms with Crippen molar-refractivity contribution in [2.45, 2.75) is 12.8 Å². The van der Waals surface area contributed by atoms with E-state index in [9.17, 15) is 0 Å². The Morgan fingerprint density at radius 3 is 2.28 bits per heavy atom. The average molecular weight is 406 g/mol. The van der Waals surface area contributed by atoms with E-state index in [1.165, 1.54) is 16.8 Å². The van der Waals surface area contributed by atoms with Gasteiger partial charge in [0.25, 0.3) is 0 Å². The Balaban J connectivity index is 1.64. The van der Waals surface area contributed by atoms with Gasteiger partial charge in [-0.2, -0.15) is 0 Å². The zero-order chi connectivity index (χ0) is 17.6. The fourth-order valence-electron chi connectivity index (χ4n) is 3.10. The summed E-state index contributed by atoms with van der Waals surface area (Å²) in [4.78, 5) is 2.37. The van der Waals surface area contributed by atoms with Gasteiger partial charge in [-0.25, -0.2) is 0 Å². The van der Waals surface area contributed by atoms with Gasteiger partial charge in [-0.15, -0.1) is 0 Å². The summed E-state index contributed by atoms with van der Waals surface area (Å²) >= 11 is 3.56. The Bertz CT molecular complexity index is 697. The van der Waals surface area contributed by atoms with Crippen LogP contribution in [0.25, 0.3) is 0 Å². The molecule has 2 aromatic rings. The molecule has 0 radical (unpaired) electrons. The summed E-state index contributed by atoms with van der Waals surface area (Å²) in [6.45, 7) is 3.57. The molecule has 134 valence electrons. The van der Waals surface area contributed by atoms with Crippen molar-refractivity contribution >= 4 is 21.6 Å². The number of methoxy groups -OCH3 is 2. The molecule has 4 nitrogen and oxygen atoms in total. The van der Waals surface area contributed by atoms with E-state index >= 15 is 0 Å². The number of hydrogen-bond donors (Lipinski definition) is 0. The third-order valence-electron chi connectivity index (χ3n) is 4.51. The van der Waals surface area contributed by atoms with Crippen LogP contribution >= 0.6 is 15.9 Å². The molecule has 1 aliphatic rings. The highest BCUT2D eigenvalue weighted by molar-refractivity contribution is 9.10. The van der Waals surface area contributed by atoms with E-state index in [4.69, 9.17) is 14.2 Å². The standard InChI is InChI=1S/C20H24BrNO3/c1-23-19-14-16(13-18(21)20(19)24-2)4-3-15-5-7-17(8-6-15)22-9-11-25-12-10-22/h5-8,13-14H,3-4,9-12H2,1-2H3. The molecule has 0 atom stereocenters. The van der Waals surface area contributed by atoms with Crippen LogP contribution in [0.1, 0.15) is 11.1 Å². The smallest absolute Gasteiger partial charge is 0.174 e. The van der Waals surface area contributed by atoms with Crippen LogP contribution in [-0.2, 0) is 17.6 Å². The summed E-state index contributed by atoms with van der Waals surface area (Å²) in [6, 6.07) is 13.0. The summed E-state index contributed by atoms with van der Waals surface area (Å²) in [7, 11) is 3.32. The van der Waals surface area contributed by atoms with Gasteiger partial charge in [-0.05, 0) is 64.2 Å². The molecule has 1 heterocycles. The van der Waals surface area contributed by atoms with Crippen molar-refractivity contribution in [3.63, 3.8) is 0 Å². The maximum absolute atomic E-state index is 5.42. The lowest BCUT2D eigenvalue weighted by Gasteiger charge is -2.28. The summed E-state index contributed by atoms with van der Waals surface area (Å²) in [6.07, 6.45) is 1.95. The minimum Gasteiger partial charge on any atom is -0.493 e. The van der Waals surface area contributed by atoms with Gasteiger partial charge in [0, 0.05) is 18.8 Å². The Labute approximate surface area is 157 Å². The number of ether oxygens (including phenoxy) is 3. The van der Waals surface area contributed by atoms with Gasteiger partial charge < -0.3 is 19.1 Å². The number of hydrogen-bond acceptors (Lipinski definition) is 4. The van der Waals surface area contributed by atoms with Gasteiger partial charge in [-0.3, -0.25) is 0 Å². The van der Waals surface area contributed by atoms with Crippen LogP contribution < -0.4 is 14.4 Å². The Morgan fingerprint density at radius 2 is 1.64 bits per heavy atom. The average Bonchev–Trinajstić information content (AvgIpc) is 2.67. The highest BCUT2D eigenvalue weighted by atomic mass is 79.9. The molecule has 1 aliphatic heterocycles. The number of halogens is 1. The van der Waals surface area contributed by atoms with Crippen molar-refractivity contribution in [2.24, 2.45) is 0 Å². The van der Waals surface area contributed by atoms with Gasteiger partial charge >= 0.3 is 0 Å². The van der Waals surface area contributed by atoms with Crippen molar-refractivity contribution in [1.82, 2.24) is 0 Å². The van der Waals surface area contributed by atoms with E-state index in [1.807, 2.05) is 6.07 Å².